The molecule has 1 aromatic carbocycles. The van der Waals surface area contributed by atoms with E-state index in [4.69, 9.17) is 4.74 Å². The Bertz CT molecular complexity index is 1100. The first kappa shape index (κ1) is 21.3. The molecule has 0 spiro atoms. The minimum absolute atomic E-state index is 0.0966. The first-order valence-corrected chi connectivity index (χ1v) is 9.83. The fourth-order valence-corrected chi connectivity index (χ4v) is 3.47. The van der Waals surface area contributed by atoms with Crippen molar-refractivity contribution in [1.82, 2.24) is 24.6 Å². The van der Waals surface area contributed by atoms with Crippen molar-refractivity contribution in [2.24, 2.45) is 13.0 Å². The van der Waals surface area contributed by atoms with Gasteiger partial charge >= 0.3 is 0 Å². The molecule has 0 radical (unpaired) electrons. The van der Waals surface area contributed by atoms with Crippen LogP contribution in [0.4, 0.5) is 0 Å². The van der Waals surface area contributed by atoms with Crippen molar-refractivity contribution in [3.05, 3.63) is 70.2 Å². The van der Waals surface area contributed by atoms with E-state index in [1.807, 2.05) is 12.1 Å². The molecule has 1 N–H and O–H groups in total. The quantitative estimate of drug-likeness (QED) is 0.648. The van der Waals surface area contributed by atoms with Crippen molar-refractivity contribution in [2.75, 3.05) is 7.11 Å². The highest BCUT2D eigenvalue weighted by molar-refractivity contribution is 5.95. The first-order valence-electron chi connectivity index (χ1n) is 9.83. The maximum atomic E-state index is 13.3. The van der Waals surface area contributed by atoms with Gasteiger partial charge in [-0.25, -0.2) is 4.98 Å². The molecule has 0 aliphatic rings. The molecule has 3 rings (SSSR count). The maximum absolute atomic E-state index is 13.3. The lowest BCUT2D eigenvalue weighted by atomic mass is 10.0. The third kappa shape index (κ3) is 4.27. The smallest absolute Gasteiger partial charge is 0.268 e. The van der Waals surface area contributed by atoms with Crippen LogP contribution in [-0.4, -0.2) is 32.3 Å². The third-order valence-corrected chi connectivity index (χ3v) is 4.94. The largest absolute Gasteiger partial charge is 0.495 e. The summed E-state index contributed by atoms with van der Waals surface area (Å²) in [6.45, 7) is 5.89. The Labute approximate surface area is 175 Å². The SMILES string of the molecule is COc1ccccc1-n1ccc(C)c(C(=O)NC(CC(C)C)c2ncnn2C)c1=O. The van der Waals surface area contributed by atoms with Crippen LogP contribution in [0.1, 0.15) is 48.1 Å². The molecule has 0 bridgehead atoms. The second-order valence-electron chi connectivity index (χ2n) is 7.62. The number of nitrogens with zero attached hydrogens (tertiary/aromatic N) is 4. The molecule has 2 heterocycles. The lowest BCUT2D eigenvalue weighted by Crippen LogP contribution is -2.37. The van der Waals surface area contributed by atoms with Crippen LogP contribution < -0.4 is 15.6 Å². The number of aryl methyl sites for hydroxylation is 2. The molecule has 1 atom stereocenters. The van der Waals surface area contributed by atoms with E-state index in [9.17, 15) is 9.59 Å². The van der Waals surface area contributed by atoms with Crippen molar-refractivity contribution < 1.29 is 9.53 Å². The van der Waals surface area contributed by atoms with Crippen LogP contribution >= 0.6 is 0 Å². The molecule has 158 valence electrons. The second kappa shape index (κ2) is 8.94. The van der Waals surface area contributed by atoms with Crippen LogP contribution in [0.5, 0.6) is 5.75 Å². The van der Waals surface area contributed by atoms with Gasteiger partial charge in [-0.2, -0.15) is 5.10 Å². The molecule has 30 heavy (non-hydrogen) atoms. The number of rotatable bonds is 7. The van der Waals surface area contributed by atoms with Gasteiger partial charge in [0, 0.05) is 13.2 Å². The van der Waals surface area contributed by atoms with E-state index in [-0.39, 0.29) is 11.6 Å². The summed E-state index contributed by atoms with van der Waals surface area (Å²) in [6, 6.07) is 8.59. The number of aromatic nitrogens is 4. The lowest BCUT2D eigenvalue weighted by Gasteiger charge is -2.20. The van der Waals surface area contributed by atoms with E-state index in [0.717, 1.165) is 0 Å². The summed E-state index contributed by atoms with van der Waals surface area (Å²) in [5, 5.41) is 7.10. The van der Waals surface area contributed by atoms with Gasteiger partial charge < -0.3 is 10.1 Å². The van der Waals surface area contributed by atoms with Crippen LogP contribution in [0.15, 0.2) is 47.7 Å². The van der Waals surface area contributed by atoms with Crippen LogP contribution in [-0.2, 0) is 7.05 Å². The summed E-state index contributed by atoms with van der Waals surface area (Å²) < 4.78 is 8.45. The van der Waals surface area contributed by atoms with Crippen LogP contribution in [0, 0.1) is 12.8 Å². The molecule has 0 saturated heterocycles. The number of carbonyl (C=O) groups is 1. The van der Waals surface area contributed by atoms with Gasteiger partial charge in [0.05, 0.1) is 18.8 Å². The molecular formula is C22H27N5O3. The number of amides is 1. The van der Waals surface area contributed by atoms with Gasteiger partial charge in [0.15, 0.2) is 0 Å². The van der Waals surface area contributed by atoms with Crippen LogP contribution in [0.2, 0.25) is 0 Å². The average molecular weight is 409 g/mol. The summed E-state index contributed by atoms with van der Waals surface area (Å²) >= 11 is 0. The molecule has 0 saturated carbocycles. The number of hydrogen-bond donors (Lipinski definition) is 1. The Balaban J connectivity index is 2.01. The molecule has 0 aliphatic carbocycles. The standard InChI is InChI=1S/C22H27N5O3/c1-14(2)12-16(20-23-13-24-26(20)4)25-21(28)19-15(3)10-11-27(22(19)29)17-8-6-7-9-18(17)30-5/h6-11,13-14,16H,12H2,1-5H3,(H,25,28). The van der Waals surface area contributed by atoms with Gasteiger partial charge in [0.25, 0.3) is 11.5 Å². The molecule has 1 unspecified atom stereocenters. The Morgan fingerprint density at radius 1 is 1.23 bits per heavy atom. The normalized spacial score (nSPS) is 12.1. The molecule has 2 aromatic heterocycles. The van der Waals surface area contributed by atoms with Gasteiger partial charge in [0.1, 0.15) is 23.5 Å². The van der Waals surface area contributed by atoms with Crippen LogP contribution in [0.3, 0.4) is 0 Å². The van der Waals surface area contributed by atoms with Crippen molar-refractivity contribution in [2.45, 2.75) is 33.2 Å². The van der Waals surface area contributed by atoms with E-state index in [0.29, 0.717) is 35.2 Å². The van der Waals surface area contributed by atoms with E-state index < -0.39 is 11.5 Å². The Hall–Kier alpha value is -3.42. The minimum Gasteiger partial charge on any atom is -0.495 e. The average Bonchev–Trinajstić information content (AvgIpc) is 3.13. The summed E-state index contributed by atoms with van der Waals surface area (Å²) in [6.07, 6.45) is 3.78. The number of carbonyl (C=O) groups excluding carboxylic acids is 1. The van der Waals surface area contributed by atoms with Gasteiger partial charge in [-0.1, -0.05) is 26.0 Å². The predicted octanol–water partition coefficient (Wildman–Crippen LogP) is 2.80. The molecule has 1 amide bonds. The zero-order valence-corrected chi connectivity index (χ0v) is 17.9. The maximum Gasteiger partial charge on any atom is 0.268 e. The van der Waals surface area contributed by atoms with Crippen molar-refractivity contribution in [3.63, 3.8) is 0 Å². The molecule has 0 aliphatic heterocycles. The number of benzene rings is 1. The fraction of sp³-hybridized carbons (Fsp3) is 0.364. The van der Waals surface area contributed by atoms with Crippen molar-refractivity contribution in [3.8, 4) is 11.4 Å². The van der Waals surface area contributed by atoms with Crippen molar-refractivity contribution in [1.29, 1.82) is 0 Å². The van der Waals surface area contributed by atoms with Crippen LogP contribution in [0.25, 0.3) is 5.69 Å². The first-order chi connectivity index (χ1) is 14.3. The lowest BCUT2D eigenvalue weighted by molar-refractivity contribution is 0.0926. The molecule has 0 fully saturated rings. The number of ether oxygens (including phenoxy) is 1. The van der Waals surface area contributed by atoms with E-state index in [1.165, 1.54) is 10.9 Å². The fourth-order valence-electron chi connectivity index (χ4n) is 3.47. The predicted molar refractivity (Wildman–Crippen MR) is 114 cm³/mol. The highest BCUT2D eigenvalue weighted by Gasteiger charge is 2.24. The van der Waals surface area contributed by atoms with Crippen molar-refractivity contribution >= 4 is 5.91 Å². The number of nitrogens with one attached hydrogen (secondary N) is 1. The number of pyridine rings is 1. The highest BCUT2D eigenvalue weighted by Crippen LogP contribution is 2.22. The van der Waals surface area contributed by atoms with Gasteiger partial charge in [-0.3, -0.25) is 18.8 Å². The highest BCUT2D eigenvalue weighted by atomic mass is 16.5. The second-order valence-corrected chi connectivity index (χ2v) is 7.62. The summed E-state index contributed by atoms with van der Waals surface area (Å²) in [4.78, 5) is 30.8. The Kier molecular flexibility index (Phi) is 6.34. The number of hydrogen-bond acceptors (Lipinski definition) is 5. The molecule has 8 heteroatoms. The zero-order chi connectivity index (χ0) is 21.8. The van der Waals surface area contributed by atoms with Gasteiger partial charge in [0.2, 0.25) is 0 Å². The number of para-hydroxylation sites is 2. The van der Waals surface area contributed by atoms with Gasteiger partial charge in [-0.05, 0) is 43.0 Å². The molecule has 8 nitrogen and oxygen atoms in total. The Morgan fingerprint density at radius 3 is 2.60 bits per heavy atom. The summed E-state index contributed by atoms with van der Waals surface area (Å²) in [5.41, 5.74) is 0.869. The molecule has 3 aromatic rings. The monoisotopic (exact) mass is 409 g/mol. The van der Waals surface area contributed by atoms with Gasteiger partial charge in [-0.15, -0.1) is 0 Å². The zero-order valence-electron chi connectivity index (χ0n) is 17.9. The minimum atomic E-state index is -0.435. The summed E-state index contributed by atoms with van der Waals surface area (Å²) in [7, 11) is 3.33. The van der Waals surface area contributed by atoms with E-state index in [1.54, 1.807) is 50.2 Å². The van der Waals surface area contributed by atoms with E-state index in [2.05, 4.69) is 29.2 Å². The Morgan fingerprint density at radius 2 is 1.97 bits per heavy atom. The molecular weight excluding hydrogens is 382 g/mol. The third-order valence-electron chi connectivity index (χ3n) is 4.94. The summed E-state index contributed by atoms with van der Waals surface area (Å²) in [5.74, 6) is 1.08. The topological polar surface area (TPSA) is 91.0 Å². The number of methoxy groups -OCH3 is 1. The van der Waals surface area contributed by atoms with E-state index >= 15 is 0 Å².